The predicted octanol–water partition coefficient (Wildman–Crippen LogP) is 3.90. The van der Waals surface area contributed by atoms with E-state index in [0.29, 0.717) is 6.42 Å². The normalized spacial score (nSPS) is 18.1. The van der Waals surface area contributed by atoms with E-state index in [1.807, 2.05) is 34.9 Å². The average molecular weight is 466 g/mol. The highest BCUT2D eigenvalue weighted by atomic mass is 32.2. The fraction of sp³-hybridized carbons (Fsp3) is 0.481. The van der Waals surface area contributed by atoms with Gasteiger partial charge in [0.2, 0.25) is 11.8 Å². The van der Waals surface area contributed by atoms with Crippen LogP contribution in [0.3, 0.4) is 0 Å². The summed E-state index contributed by atoms with van der Waals surface area (Å²) < 4.78 is 0. The molecule has 176 valence electrons. The van der Waals surface area contributed by atoms with Crippen LogP contribution < -0.4 is 11.1 Å². The molecule has 4 rings (SSSR count). The molecule has 6 heteroatoms. The van der Waals surface area contributed by atoms with Crippen molar-refractivity contribution in [1.29, 1.82) is 0 Å². The van der Waals surface area contributed by atoms with Crippen LogP contribution in [0.5, 0.6) is 0 Å². The number of nitrogens with one attached hydrogen (secondary N) is 1. The fourth-order valence-electron chi connectivity index (χ4n) is 4.87. The zero-order valence-electron chi connectivity index (χ0n) is 19.7. The van der Waals surface area contributed by atoms with Gasteiger partial charge in [-0.15, -0.1) is 11.8 Å². The van der Waals surface area contributed by atoms with E-state index >= 15 is 0 Å². The number of amides is 2. The van der Waals surface area contributed by atoms with E-state index in [1.54, 1.807) is 13.8 Å². The van der Waals surface area contributed by atoms with Crippen molar-refractivity contribution >= 4 is 23.6 Å². The van der Waals surface area contributed by atoms with E-state index < -0.39 is 11.6 Å². The smallest absolute Gasteiger partial charge is 0.245 e. The molecule has 0 aromatic heterocycles. The number of nitrogens with two attached hydrogens (primary N) is 1. The molecule has 0 unspecified atom stereocenters. The minimum absolute atomic E-state index is 0.0226. The Balaban J connectivity index is 1.40. The largest absolute Gasteiger partial charge is 0.343 e. The quantitative estimate of drug-likeness (QED) is 0.650. The zero-order chi connectivity index (χ0) is 23.5. The first-order valence-corrected chi connectivity index (χ1v) is 12.9. The number of thioether (sulfide) groups is 1. The fourth-order valence-corrected chi connectivity index (χ4v) is 6.36. The van der Waals surface area contributed by atoms with Crippen molar-refractivity contribution < 1.29 is 9.59 Å². The van der Waals surface area contributed by atoms with E-state index in [1.165, 1.54) is 16.0 Å². The Kier molecular flexibility index (Phi) is 7.15. The summed E-state index contributed by atoms with van der Waals surface area (Å²) >= 11 is 1.93. The van der Waals surface area contributed by atoms with Crippen LogP contribution >= 0.6 is 11.8 Å². The lowest BCUT2D eigenvalue weighted by atomic mass is 9.74. The molecular formula is C27H35N3O2S. The molecule has 33 heavy (non-hydrogen) atoms. The third-order valence-electron chi connectivity index (χ3n) is 6.98. The van der Waals surface area contributed by atoms with Crippen LogP contribution in [0.25, 0.3) is 0 Å². The first-order chi connectivity index (χ1) is 15.8. The molecule has 0 radical (unpaired) electrons. The summed E-state index contributed by atoms with van der Waals surface area (Å²) in [5.41, 5.74) is 7.85. The van der Waals surface area contributed by atoms with Gasteiger partial charge in [0.25, 0.3) is 0 Å². The SMILES string of the molecule is CC(C)(N)C(=O)N[C@H](CCCc1ccccc1)C(=O)N1CCC2(CC1)CSc1ccccc12. The highest BCUT2D eigenvalue weighted by molar-refractivity contribution is 7.99. The zero-order valence-corrected chi connectivity index (χ0v) is 20.5. The summed E-state index contributed by atoms with van der Waals surface area (Å²) in [6, 6.07) is 18.4. The van der Waals surface area contributed by atoms with E-state index in [2.05, 4.69) is 41.7 Å². The Morgan fingerprint density at radius 2 is 1.76 bits per heavy atom. The second-order valence-electron chi connectivity index (χ2n) is 10.0. The molecule has 2 aliphatic heterocycles. The van der Waals surface area contributed by atoms with Gasteiger partial charge < -0.3 is 16.0 Å². The number of rotatable bonds is 7. The maximum absolute atomic E-state index is 13.5. The highest BCUT2D eigenvalue weighted by Crippen LogP contribution is 2.49. The molecule has 0 bridgehead atoms. The van der Waals surface area contributed by atoms with E-state index in [-0.39, 0.29) is 17.2 Å². The molecule has 3 N–H and O–H groups in total. The van der Waals surface area contributed by atoms with Gasteiger partial charge in [-0.1, -0.05) is 48.5 Å². The summed E-state index contributed by atoms with van der Waals surface area (Å²) in [5.74, 6) is 0.831. The van der Waals surface area contributed by atoms with Crippen LogP contribution in [0, 0.1) is 0 Å². The van der Waals surface area contributed by atoms with Gasteiger partial charge in [0, 0.05) is 29.2 Å². The van der Waals surface area contributed by atoms with Gasteiger partial charge in [-0.3, -0.25) is 9.59 Å². The molecule has 1 atom stereocenters. The molecule has 2 aromatic carbocycles. The Labute approximate surface area is 201 Å². The number of fused-ring (bicyclic) bond motifs is 2. The van der Waals surface area contributed by atoms with Crippen LogP contribution in [0.1, 0.15) is 50.7 Å². The maximum Gasteiger partial charge on any atom is 0.245 e. The third-order valence-corrected chi connectivity index (χ3v) is 8.35. The van der Waals surface area contributed by atoms with Crippen molar-refractivity contribution in [2.45, 2.75) is 67.8 Å². The Hall–Kier alpha value is -2.31. The minimum atomic E-state index is -1.02. The molecule has 0 saturated carbocycles. The number of piperidine rings is 1. The summed E-state index contributed by atoms with van der Waals surface area (Å²) in [7, 11) is 0. The van der Waals surface area contributed by atoms with Gasteiger partial charge >= 0.3 is 0 Å². The molecule has 0 aliphatic carbocycles. The minimum Gasteiger partial charge on any atom is -0.343 e. The third kappa shape index (κ3) is 5.44. The summed E-state index contributed by atoms with van der Waals surface area (Å²) in [4.78, 5) is 29.5. The van der Waals surface area contributed by atoms with Crippen LogP contribution in [-0.4, -0.2) is 47.1 Å². The number of nitrogens with zero attached hydrogens (tertiary/aromatic N) is 1. The van der Waals surface area contributed by atoms with Crippen LogP contribution in [-0.2, 0) is 21.4 Å². The second kappa shape index (κ2) is 9.90. The Morgan fingerprint density at radius 3 is 2.45 bits per heavy atom. The van der Waals surface area contributed by atoms with Crippen molar-refractivity contribution in [3.63, 3.8) is 0 Å². The van der Waals surface area contributed by atoms with Crippen molar-refractivity contribution in [3.8, 4) is 0 Å². The number of aryl methyl sites for hydroxylation is 1. The van der Waals surface area contributed by atoms with E-state index in [9.17, 15) is 9.59 Å². The molecule has 2 amide bonds. The monoisotopic (exact) mass is 465 g/mol. The molecule has 5 nitrogen and oxygen atoms in total. The number of benzene rings is 2. The molecular weight excluding hydrogens is 430 g/mol. The number of likely N-dealkylation sites (tertiary alicyclic amines) is 1. The lowest BCUT2D eigenvalue weighted by Crippen LogP contribution is -2.57. The van der Waals surface area contributed by atoms with Gasteiger partial charge in [0.15, 0.2) is 0 Å². The Bertz CT molecular complexity index is 978. The van der Waals surface area contributed by atoms with Crippen molar-refractivity contribution in [3.05, 3.63) is 65.7 Å². The molecule has 2 aliphatic rings. The maximum atomic E-state index is 13.5. The second-order valence-corrected chi connectivity index (χ2v) is 11.0. The number of hydrogen-bond acceptors (Lipinski definition) is 4. The molecule has 2 heterocycles. The van der Waals surface area contributed by atoms with Crippen molar-refractivity contribution in [2.75, 3.05) is 18.8 Å². The molecule has 1 spiro atoms. The summed E-state index contributed by atoms with van der Waals surface area (Å²) in [6.45, 7) is 4.80. The standard InChI is InChI=1S/C27H35N3O2S/c1-26(2,28)25(32)29-22(13-8-11-20-9-4-3-5-10-20)24(31)30-17-15-27(16-18-30)19-33-23-14-7-6-12-21(23)27/h3-7,9-10,12,14,22H,8,11,13,15-19,28H2,1-2H3,(H,29,32)/t22-/m1/s1. The summed E-state index contributed by atoms with van der Waals surface area (Å²) in [5, 5.41) is 2.96. The van der Waals surface area contributed by atoms with Crippen molar-refractivity contribution in [1.82, 2.24) is 10.2 Å². The van der Waals surface area contributed by atoms with Gasteiger partial charge in [0.05, 0.1) is 5.54 Å². The van der Waals surface area contributed by atoms with Crippen LogP contribution in [0.15, 0.2) is 59.5 Å². The first kappa shape index (κ1) is 23.8. The number of carbonyl (C=O) groups excluding carboxylic acids is 2. The number of carbonyl (C=O) groups is 2. The molecule has 1 fully saturated rings. The highest BCUT2D eigenvalue weighted by Gasteiger charge is 2.43. The van der Waals surface area contributed by atoms with E-state index in [0.717, 1.165) is 44.5 Å². The topological polar surface area (TPSA) is 75.4 Å². The summed E-state index contributed by atoms with van der Waals surface area (Å²) in [6.07, 6.45) is 4.25. The first-order valence-electron chi connectivity index (χ1n) is 11.9. The predicted molar refractivity (Wildman–Crippen MR) is 134 cm³/mol. The van der Waals surface area contributed by atoms with Gasteiger partial charge in [-0.2, -0.15) is 0 Å². The van der Waals surface area contributed by atoms with Gasteiger partial charge in [-0.05, 0) is 63.1 Å². The van der Waals surface area contributed by atoms with Gasteiger partial charge in [-0.25, -0.2) is 0 Å². The molecule has 2 aromatic rings. The van der Waals surface area contributed by atoms with Crippen molar-refractivity contribution in [2.24, 2.45) is 5.73 Å². The van der Waals surface area contributed by atoms with E-state index in [4.69, 9.17) is 5.73 Å². The van der Waals surface area contributed by atoms with Crippen LogP contribution in [0.4, 0.5) is 0 Å². The van der Waals surface area contributed by atoms with Gasteiger partial charge in [0.1, 0.15) is 6.04 Å². The molecule has 1 saturated heterocycles. The lowest BCUT2D eigenvalue weighted by molar-refractivity contribution is -0.139. The number of hydrogen-bond donors (Lipinski definition) is 2. The van der Waals surface area contributed by atoms with Crippen LogP contribution in [0.2, 0.25) is 0 Å². The lowest BCUT2D eigenvalue weighted by Gasteiger charge is -2.41. The average Bonchev–Trinajstić information content (AvgIpc) is 3.16. The Morgan fingerprint density at radius 1 is 1.09 bits per heavy atom.